The molecule has 0 unspecified atom stereocenters. The van der Waals surface area contributed by atoms with Gasteiger partial charge in [-0.1, -0.05) is 61.1 Å². The van der Waals surface area contributed by atoms with Gasteiger partial charge in [-0.2, -0.15) is 0 Å². The first kappa shape index (κ1) is 16.0. The van der Waals surface area contributed by atoms with E-state index >= 15 is 0 Å². The number of ether oxygens (including phenoxy) is 1. The molecular weight excluding hydrogens is 346 g/mol. The smallest absolute Gasteiger partial charge is 0.138 e. The van der Waals surface area contributed by atoms with Crippen molar-refractivity contribution in [1.29, 1.82) is 0 Å². The summed E-state index contributed by atoms with van der Waals surface area (Å²) in [4.78, 5) is 0.324. The minimum absolute atomic E-state index is 0.0721. The summed E-state index contributed by atoms with van der Waals surface area (Å²) in [5, 5.41) is 0. The molecule has 0 fully saturated rings. The van der Waals surface area contributed by atoms with E-state index in [-0.39, 0.29) is 5.41 Å². The summed E-state index contributed by atoms with van der Waals surface area (Å²) in [6.07, 6.45) is 0. The van der Waals surface area contributed by atoms with Crippen LogP contribution in [0.25, 0.3) is 0 Å². The summed E-state index contributed by atoms with van der Waals surface area (Å²) in [5.74, 6) is 1.43. The zero-order chi connectivity index (χ0) is 15.6. The molecule has 0 aromatic heterocycles. The third-order valence-corrected chi connectivity index (χ3v) is 3.85. The number of hydrogen-bond acceptors (Lipinski definition) is 2. The Labute approximate surface area is 139 Å². The summed E-state index contributed by atoms with van der Waals surface area (Å²) >= 11 is 8.52. The first-order valence-electron chi connectivity index (χ1n) is 6.65. The van der Waals surface area contributed by atoms with Crippen LogP contribution in [0.15, 0.2) is 46.9 Å². The van der Waals surface area contributed by atoms with E-state index in [0.717, 1.165) is 15.8 Å². The molecule has 0 bridgehead atoms. The monoisotopic (exact) mass is 363 g/mol. The summed E-state index contributed by atoms with van der Waals surface area (Å²) in [6.45, 7) is 6.52. The highest BCUT2D eigenvalue weighted by Gasteiger charge is 2.15. The van der Waals surface area contributed by atoms with Crippen LogP contribution in [0.1, 0.15) is 31.9 Å². The SMILES string of the molecule is CC(C)(C)c1cccc(Oc2cc(Br)ccc2C(N)=S)c1. The van der Waals surface area contributed by atoms with E-state index in [1.807, 2.05) is 36.4 Å². The van der Waals surface area contributed by atoms with Crippen LogP contribution in [0.5, 0.6) is 11.5 Å². The molecule has 0 saturated heterocycles. The van der Waals surface area contributed by atoms with Crippen molar-refractivity contribution in [3.05, 3.63) is 58.1 Å². The summed E-state index contributed by atoms with van der Waals surface area (Å²) < 4.78 is 6.91. The summed E-state index contributed by atoms with van der Waals surface area (Å²) in [7, 11) is 0. The van der Waals surface area contributed by atoms with Gasteiger partial charge >= 0.3 is 0 Å². The van der Waals surface area contributed by atoms with E-state index in [2.05, 4.69) is 42.8 Å². The second kappa shape index (κ2) is 6.16. The Hall–Kier alpha value is -1.39. The molecule has 0 aliphatic heterocycles. The fourth-order valence-corrected chi connectivity index (χ4v) is 2.45. The maximum Gasteiger partial charge on any atom is 0.138 e. The maximum atomic E-state index is 5.99. The van der Waals surface area contributed by atoms with Crippen LogP contribution >= 0.6 is 28.1 Å². The first-order valence-corrected chi connectivity index (χ1v) is 7.85. The van der Waals surface area contributed by atoms with Gasteiger partial charge in [0.15, 0.2) is 0 Å². The van der Waals surface area contributed by atoms with E-state index in [4.69, 9.17) is 22.7 Å². The molecule has 0 aliphatic rings. The van der Waals surface area contributed by atoms with Crippen molar-refractivity contribution in [1.82, 2.24) is 0 Å². The first-order chi connectivity index (χ1) is 9.77. The fraction of sp³-hybridized carbons (Fsp3) is 0.235. The van der Waals surface area contributed by atoms with Crippen molar-refractivity contribution >= 4 is 33.1 Å². The standard InChI is InChI=1S/C17H18BrNOS/c1-17(2,3)11-5-4-6-13(9-11)20-15-10-12(18)7-8-14(15)16(19)21/h4-10H,1-3H3,(H2,19,21). The van der Waals surface area contributed by atoms with Crippen molar-refractivity contribution in [3.8, 4) is 11.5 Å². The highest BCUT2D eigenvalue weighted by molar-refractivity contribution is 9.10. The average molecular weight is 364 g/mol. The topological polar surface area (TPSA) is 35.2 Å². The van der Waals surface area contributed by atoms with E-state index in [9.17, 15) is 0 Å². The maximum absolute atomic E-state index is 5.99. The van der Waals surface area contributed by atoms with Gasteiger partial charge in [-0.25, -0.2) is 0 Å². The predicted octanol–water partition coefficient (Wildman–Crippen LogP) is 5.17. The third-order valence-electron chi connectivity index (χ3n) is 3.14. The fourth-order valence-electron chi connectivity index (χ4n) is 1.94. The molecular formula is C17H18BrNOS. The lowest BCUT2D eigenvalue weighted by atomic mass is 9.87. The molecule has 21 heavy (non-hydrogen) atoms. The van der Waals surface area contributed by atoms with E-state index in [0.29, 0.717) is 10.7 Å². The minimum Gasteiger partial charge on any atom is -0.457 e. The van der Waals surface area contributed by atoms with Crippen LogP contribution in [0, 0.1) is 0 Å². The molecule has 0 heterocycles. The number of rotatable bonds is 3. The highest BCUT2D eigenvalue weighted by Crippen LogP contribution is 2.31. The summed E-state index contributed by atoms with van der Waals surface area (Å²) in [6, 6.07) is 13.7. The Morgan fingerprint density at radius 1 is 1.14 bits per heavy atom. The van der Waals surface area contributed by atoms with Gasteiger partial charge < -0.3 is 10.5 Å². The van der Waals surface area contributed by atoms with Gasteiger partial charge in [-0.05, 0) is 41.3 Å². The molecule has 2 nitrogen and oxygen atoms in total. The Bertz CT molecular complexity index is 677. The number of hydrogen-bond donors (Lipinski definition) is 1. The average Bonchev–Trinajstić information content (AvgIpc) is 2.37. The van der Waals surface area contributed by atoms with Gasteiger partial charge in [0.2, 0.25) is 0 Å². The summed E-state index contributed by atoms with van der Waals surface area (Å²) in [5.41, 5.74) is 7.77. The molecule has 2 aromatic carbocycles. The largest absolute Gasteiger partial charge is 0.457 e. The molecule has 0 amide bonds. The minimum atomic E-state index is 0.0721. The van der Waals surface area contributed by atoms with Crippen LogP contribution in [0.3, 0.4) is 0 Å². The number of benzene rings is 2. The third kappa shape index (κ3) is 4.05. The van der Waals surface area contributed by atoms with Gasteiger partial charge in [-0.3, -0.25) is 0 Å². The number of halogens is 1. The van der Waals surface area contributed by atoms with Crippen molar-refractivity contribution < 1.29 is 4.74 Å². The Morgan fingerprint density at radius 2 is 1.86 bits per heavy atom. The Morgan fingerprint density at radius 3 is 2.48 bits per heavy atom. The highest BCUT2D eigenvalue weighted by atomic mass is 79.9. The zero-order valence-electron chi connectivity index (χ0n) is 12.3. The number of thiocarbonyl (C=S) groups is 1. The van der Waals surface area contributed by atoms with Gasteiger partial charge in [0.25, 0.3) is 0 Å². The van der Waals surface area contributed by atoms with E-state index in [1.165, 1.54) is 5.56 Å². The second-order valence-corrected chi connectivity index (χ2v) is 7.24. The van der Waals surface area contributed by atoms with Gasteiger partial charge in [0, 0.05) is 4.47 Å². The predicted molar refractivity (Wildman–Crippen MR) is 95.2 cm³/mol. The van der Waals surface area contributed by atoms with Crippen LogP contribution in [-0.4, -0.2) is 4.99 Å². The molecule has 4 heteroatoms. The molecule has 0 aliphatic carbocycles. The van der Waals surface area contributed by atoms with Crippen molar-refractivity contribution in [2.45, 2.75) is 26.2 Å². The molecule has 0 spiro atoms. The Kier molecular flexibility index (Phi) is 4.69. The van der Waals surface area contributed by atoms with Crippen molar-refractivity contribution in [2.24, 2.45) is 5.73 Å². The normalized spacial score (nSPS) is 11.2. The van der Waals surface area contributed by atoms with E-state index < -0.39 is 0 Å². The molecule has 2 aromatic rings. The van der Waals surface area contributed by atoms with Crippen LogP contribution < -0.4 is 10.5 Å². The molecule has 2 N–H and O–H groups in total. The van der Waals surface area contributed by atoms with E-state index in [1.54, 1.807) is 0 Å². The van der Waals surface area contributed by atoms with Crippen LogP contribution in [0.2, 0.25) is 0 Å². The quantitative estimate of drug-likeness (QED) is 0.763. The zero-order valence-corrected chi connectivity index (χ0v) is 14.7. The van der Waals surface area contributed by atoms with Crippen LogP contribution in [0.4, 0.5) is 0 Å². The van der Waals surface area contributed by atoms with Gasteiger partial charge in [0.1, 0.15) is 16.5 Å². The second-order valence-electron chi connectivity index (χ2n) is 5.88. The molecule has 0 atom stereocenters. The van der Waals surface area contributed by atoms with Crippen molar-refractivity contribution in [3.63, 3.8) is 0 Å². The van der Waals surface area contributed by atoms with Gasteiger partial charge in [0.05, 0.1) is 5.56 Å². The molecule has 2 rings (SSSR count). The van der Waals surface area contributed by atoms with Crippen molar-refractivity contribution in [2.75, 3.05) is 0 Å². The molecule has 0 radical (unpaired) electrons. The molecule has 0 saturated carbocycles. The van der Waals surface area contributed by atoms with Crippen LogP contribution in [-0.2, 0) is 5.41 Å². The Balaban J connectivity index is 2.39. The van der Waals surface area contributed by atoms with Gasteiger partial charge in [-0.15, -0.1) is 0 Å². The lowest BCUT2D eigenvalue weighted by Gasteiger charge is -2.20. The number of nitrogens with two attached hydrogens (primary N) is 1. The lowest BCUT2D eigenvalue weighted by Crippen LogP contribution is -2.12. The molecule has 110 valence electrons. The lowest BCUT2D eigenvalue weighted by molar-refractivity contribution is 0.477.